The average molecular weight is 439 g/mol. The highest BCUT2D eigenvalue weighted by Gasteiger charge is 2.13. The zero-order chi connectivity index (χ0) is 22.2. The second kappa shape index (κ2) is 10.4. The van der Waals surface area contributed by atoms with Crippen LogP contribution in [0.2, 0.25) is 0 Å². The van der Waals surface area contributed by atoms with Gasteiger partial charge < -0.3 is 20.1 Å². The summed E-state index contributed by atoms with van der Waals surface area (Å²) in [5.41, 5.74) is 2.74. The molecule has 0 aliphatic heterocycles. The monoisotopic (exact) mass is 438 g/mol. The molecule has 0 spiro atoms. The van der Waals surface area contributed by atoms with Gasteiger partial charge in [-0.1, -0.05) is 6.07 Å². The van der Waals surface area contributed by atoms with Crippen molar-refractivity contribution in [2.45, 2.75) is 13.0 Å². The van der Waals surface area contributed by atoms with E-state index in [2.05, 4.69) is 10.6 Å². The first-order valence-electron chi connectivity index (χ1n) is 9.44. The summed E-state index contributed by atoms with van der Waals surface area (Å²) in [6, 6.07) is 13.6. The van der Waals surface area contributed by atoms with E-state index in [-0.39, 0.29) is 30.3 Å². The van der Waals surface area contributed by atoms with Crippen molar-refractivity contribution >= 4 is 34.8 Å². The summed E-state index contributed by atoms with van der Waals surface area (Å²) in [6.07, 6.45) is 0.230. The van der Waals surface area contributed by atoms with Crippen LogP contribution in [0.4, 0.5) is 5.69 Å². The molecule has 2 N–H and O–H groups in total. The number of nitrogens with one attached hydrogen (secondary N) is 2. The number of amides is 2. The zero-order valence-electron chi connectivity index (χ0n) is 17.1. The highest BCUT2D eigenvalue weighted by Crippen LogP contribution is 2.18. The largest absolute Gasteiger partial charge is 0.497 e. The molecule has 1 heterocycles. The Bertz CT molecular complexity index is 1080. The lowest BCUT2D eigenvalue weighted by Crippen LogP contribution is -2.23. The van der Waals surface area contributed by atoms with Crippen LogP contribution >= 0.6 is 11.3 Å². The topological polar surface area (TPSA) is 93.7 Å². The minimum atomic E-state index is -0.533. The van der Waals surface area contributed by atoms with Gasteiger partial charge >= 0.3 is 5.97 Å². The molecule has 2 amide bonds. The predicted octanol–water partition coefficient (Wildman–Crippen LogP) is 3.65. The number of ether oxygens (including phenoxy) is 2. The molecule has 8 heteroatoms. The fraction of sp³-hybridized carbons (Fsp3) is 0.174. The highest BCUT2D eigenvalue weighted by atomic mass is 32.1. The van der Waals surface area contributed by atoms with E-state index in [9.17, 15) is 14.4 Å². The van der Waals surface area contributed by atoms with E-state index in [0.29, 0.717) is 22.6 Å². The van der Waals surface area contributed by atoms with Crippen LogP contribution in [0.5, 0.6) is 5.75 Å². The fourth-order valence-electron chi connectivity index (χ4n) is 2.93. The SMILES string of the molecule is COC(=O)c1cc(CNC(=O)c2cccc(OC)c2)cc(NC(=O)Cc2ccsc2)c1. The van der Waals surface area contributed by atoms with Crippen molar-refractivity contribution in [3.05, 3.63) is 81.5 Å². The van der Waals surface area contributed by atoms with Gasteiger partial charge in [0.25, 0.3) is 5.91 Å². The first-order chi connectivity index (χ1) is 15.0. The molecule has 7 nitrogen and oxygen atoms in total. The van der Waals surface area contributed by atoms with E-state index < -0.39 is 5.97 Å². The summed E-state index contributed by atoms with van der Waals surface area (Å²) in [5, 5.41) is 9.43. The number of carbonyl (C=O) groups excluding carboxylic acids is 3. The molecular formula is C23H22N2O5S. The number of benzene rings is 2. The number of esters is 1. The van der Waals surface area contributed by atoms with Crippen LogP contribution in [0.25, 0.3) is 0 Å². The molecule has 0 aliphatic rings. The van der Waals surface area contributed by atoms with Crippen LogP contribution in [0.15, 0.2) is 59.3 Å². The van der Waals surface area contributed by atoms with Crippen LogP contribution in [-0.2, 0) is 22.5 Å². The molecule has 0 aliphatic carbocycles. The van der Waals surface area contributed by atoms with Gasteiger partial charge in [0.15, 0.2) is 0 Å². The number of rotatable bonds is 8. The molecule has 1 aromatic heterocycles. The highest BCUT2D eigenvalue weighted by molar-refractivity contribution is 7.08. The number of thiophene rings is 1. The molecule has 0 unspecified atom stereocenters. The molecule has 0 atom stereocenters. The molecular weight excluding hydrogens is 416 g/mol. The van der Waals surface area contributed by atoms with Crippen molar-refractivity contribution in [2.24, 2.45) is 0 Å². The van der Waals surface area contributed by atoms with Gasteiger partial charge in [0.05, 0.1) is 26.2 Å². The molecule has 3 aromatic rings. The summed E-state index contributed by atoms with van der Waals surface area (Å²) in [6.45, 7) is 0.161. The summed E-state index contributed by atoms with van der Waals surface area (Å²) >= 11 is 1.52. The van der Waals surface area contributed by atoms with Crippen molar-refractivity contribution < 1.29 is 23.9 Å². The average Bonchev–Trinajstić information content (AvgIpc) is 3.29. The first kappa shape index (κ1) is 22.0. The minimum absolute atomic E-state index is 0.161. The minimum Gasteiger partial charge on any atom is -0.497 e. The Kier molecular flexibility index (Phi) is 7.40. The van der Waals surface area contributed by atoms with Crippen LogP contribution in [0.3, 0.4) is 0 Å². The van der Waals surface area contributed by atoms with Crippen molar-refractivity contribution in [3.8, 4) is 5.75 Å². The summed E-state index contributed by atoms with van der Waals surface area (Å²) in [5.74, 6) is -0.442. The molecule has 0 radical (unpaired) electrons. The van der Waals surface area contributed by atoms with E-state index >= 15 is 0 Å². The standard InChI is InChI=1S/C23H22N2O5S/c1-29-20-5-3-4-17(12-20)22(27)24-13-16-8-18(23(28)30-2)11-19(9-16)25-21(26)10-15-6-7-31-14-15/h3-9,11-12,14H,10,13H2,1-2H3,(H,24,27)(H,25,26). The van der Waals surface area contributed by atoms with Crippen molar-refractivity contribution in [3.63, 3.8) is 0 Å². The fourth-order valence-corrected chi connectivity index (χ4v) is 3.60. The third kappa shape index (κ3) is 6.16. The zero-order valence-corrected chi connectivity index (χ0v) is 18.0. The van der Waals surface area contributed by atoms with E-state index in [1.165, 1.54) is 25.6 Å². The van der Waals surface area contributed by atoms with Crippen molar-refractivity contribution in [2.75, 3.05) is 19.5 Å². The number of hydrogen-bond donors (Lipinski definition) is 2. The van der Waals surface area contributed by atoms with Gasteiger partial charge in [-0.25, -0.2) is 4.79 Å². The summed E-state index contributed by atoms with van der Waals surface area (Å²) in [4.78, 5) is 36.9. The molecule has 160 valence electrons. The van der Waals surface area contributed by atoms with Gasteiger partial charge in [-0.05, 0) is 64.4 Å². The normalized spacial score (nSPS) is 10.3. The summed E-state index contributed by atoms with van der Waals surface area (Å²) < 4.78 is 9.95. The Balaban J connectivity index is 1.73. The molecule has 0 saturated carbocycles. The van der Waals surface area contributed by atoms with Gasteiger partial charge in [-0.2, -0.15) is 11.3 Å². The maximum atomic E-state index is 12.5. The third-order valence-corrected chi connectivity index (χ3v) is 5.16. The Morgan fingerprint density at radius 1 is 0.968 bits per heavy atom. The third-order valence-electron chi connectivity index (χ3n) is 4.43. The Morgan fingerprint density at radius 3 is 2.52 bits per heavy atom. The van der Waals surface area contributed by atoms with Gasteiger partial charge in [0, 0.05) is 17.8 Å². The van der Waals surface area contributed by atoms with Crippen molar-refractivity contribution in [1.82, 2.24) is 5.32 Å². The second-order valence-corrected chi connectivity index (χ2v) is 7.46. The maximum absolute atomic E-state index is 12.5. The Morgan fingerprint density at radius 2 is 1.81 bits per heavy atom. The Labute approximate surface area is 184 Å². The van der Waals surface area contributed by atoms with Gasteiger partial charge in [0.1, 0.15) is 5.75 Å². The smallest absolute Gasteiger partial charge is 0.337 e. The quantitative estimate of drug-likeness (QED) is 0.524. The van der Waals surface area contributed by atoms with Crippen LogP contribution in [0, 0.1) is 0 Å². The lowest BCUT2D eigenvalue weighted by Gasteiger charge is -2.11. The predicted molar refractivity (Wildman–Crippen MR) is 119 cm³/mol. The van der Waals surface area contributed by atoms with E-state index in [0.717, 1.165) is 5.56 Å². The first-order valence-corrected chi connectivity index (χ1v) is 10.4. The summed E-state index contributed by atoms with van der Waals surface area (Å²) in [7, 11) is 2.82. The molecule has 31 heavy (non-hydrogen) atoms. The van der Waals surface area contributed by atoms with E-state index in [1.54, 1.807) is 42.5 Å². The van der Waals surface area contributed by atoms with Crippen molar-refractivity contribution in [1.29, 1.82) is 0 Å². The number of hydrogen-bond acceptors (Lipinski definition) is 6. The molecule has 0 fully saturated rings. The molecule has 3 rings (SSSR count). The van der Waals surface area contributed by atoms with Gasteiger partial charge in [-0.15, -0.1) is 0 Å². The van der Waals surface area contributed by atoms with E-state index in [4.69, 9.17) is 9.47 Å². The molecule has 2 aromatic carbocycles. The van der Waals surface area contributed by atoms with E-state index in [1.807, 2.05) is 16.8 Å². The van der Waals surface area contributed by atoms with Gasteiger partial charge in [-0.3, -0.25) is 9.59 Å². The number of anilines is 1. The number of methoxy groups -OCH3 is 2. The Hall–Kier alpha value is -3.65. The second-order valence-electron chi connectivity index (χ2n) is 6.68. The van der Waals surface area contributed by atoms with Crippen LogP contribution in [-0.4, -0.2) is 32.0 Å². The lowest BCUT2D eigenvalue weighted by molar-refractivity contribution is -0.115. The van der Waals surface area contributed by atoms with Gasteiger partial charge in [0.2, 0.25) is 5.91 Å². The van der Waals surface area contributed by atoms with Crippen LogP contribution < -0.4 is 15.4 Å². The lowest BCUT2D eigenvalue weighted by atomic mass is 10.1. The molecule has 0 saturated heterocycles. The number of carbonyl (C=O) groups is 3. The van der Waals surface area contributed by atoms with Crippen LogP contribution in [0.1, 0.15) is 31.8 Å². The molecule has 0 bridgehead atoms. The maximum Gasteiger partial charge on any atom is 0.337 e.